The molecule has 18 heavy (non-hydrogen) atoms. The lowest BCUT2D eigenvalue weighted by molar-refractivity contribution is -0.115. The molecule has 3 nitrogen and oxygen atoms in total. The molecule has 5 heteroatoms. The van der Waals surface area contributed by atoms with E-state index in [1.165, 1.54) is 11.3 Å². The summed E-state index contributed by atoms with van der Waals surface area (Å²) in [6.45, 7) is 0. The summed E-state index contributed by atoms with van der Waals surface area (Å²) in [6.07, 6.45) is 0.349. The minimum Gasteiger partial charge on any atom is -0.326 e. The van der Waals surface area contributed by atoms with Crippen LogP contribution in [-0.4, -0.2) is 11.7 Å². The van der Waals surface area contributed by atoms with Crippen LogP contribution in [0, 0.1) is 0 Å². The standard InChI is InChI=1S/C13H8BrNO2S/c14-9-3-4-18-13(9)12(17)7-1-2-10-8(5-7)6-11(16)15-10/h1-5H,6H2,(H,15,16). The smallest absolute Gasteiger partial charge is 0.228 e. The number of fused-ring (bicyclic) bond motifs is 1. The van der Waals surface area contributed by atoms with Crippen LogP contribution in [0.1, 0.15) is 20.8 Å². The normalized spacial score (nSPS) is 13.3. The lowest BCUT2D eigenvalue weighted by Crippen LogP contribution is -2.03. The Morgan fingerprint density at radius 1 is 1.33 bits per heavy atom. The maximum atomic E-state index is 12.3. The van der Waals surface area contributed by atoms with Crippen molar-refractivity contribution in [2.45, 2.75) is 6.42 Å². The fourth-order valence-corrected chi connectivity index (χ4v) is 3.47. The predicted molar refractivity (Wildman–Crippen MR) is 74.2 cm³/mol. The number of benzene rings is 1. The van der Waals surface area contributed by atoms with Gasteiger partial charge in [0.05, 0.1) is 11.3 Å². The third-order valence-corrected chi connectivity index (χ3v) is 4.65. The lowest BCUT2D eigenvalue weighted by Gasteiger charge is -2.02. The van der Waals surface area contributed by atoms with Crippen LogP contribution in [-0.2, 0) is 11.2 Å². The van der Waals surface area contributed by atoms with Crippen LogP contribution in [0.5, 0.6) is 0 Å². The van der Waals surface area contributed by atoms with Crippen molar-refractivity contribution in [2.75, 3.05) is 5.32 Å². The van der Waals surface area contributed by atoms with Crippen LogP contribution in [0.4, 0.5) is 5.69 Å². The second-order valence-electron chi connectivity index (χ2n) is 4.02. The van der Waals surface area contributed by atoms with Crippen molar-refractivity contribution in [3.05, 3.63) is 50.1 Å². The molecule has 1 N–H and O–H groups in total. The summed E-state index contributed by atoms with van der Waals surface area (Å²) >= 11 is 4.77. The maximum Gasteiger partial charge on any atom is 0.228 e. The van der Waals surface area contributed by atoms with Gasteiger partial charge < -0.3 is 5.32 Å². The average molecular weight is 322 g/mol. The second-order valence-corrected chi connectivity index (χ2v) is 5.79. The molecule has 2 heterocycles. The van der Waals surface area contributed by atoms with Crippen molar-refractivity contribution in [3.8, 4) is 0 Å². The number of carbonyl (C=O) groups is 2. The predicted octanol–water partition coefficient (Wildman–Crippen LogP) is 3.24. The van der Waals surface area contributed by atoms with E-state index in [9.17, 15) is 9.59 Å². The molecule has 0 saturated heterocycles. The third-order valence-electron chi connectivity index (χ3n) is 2.82. The van der Waals surface area contributed by atoms with Crippen LogP contribution >= 0.6 is 27.3 Å². The third kappa shape index (κ3) is 1.89. The Bertz CT molecular complexity index is 663. The largest absolute Gasteiger partial charge is 0.326 e. The molecule has 0 saturated carbocycles. The highest BCUT2D eigenvalue weighted by molar-refractivity contribution is 9.10. The van der Waals surface area contributed by atoms with Gasteiger partial charge >= 0.3 is 0 Å². The molecule has 0 atom stereocenters. The Morgan fingerprint density at radius 3 is 2.89 bits per heavy atom. The number of carbonyl (C=O) groups excluding carboxylic acids is 2. The average Bonchev–Trinajstić information content (AvgIpc) is 2.91. The zero-order valence-electron chi connectivity index (χ0n) is 9.20. The SMILES string of the molecule is O=C1Cc2cc(C(=O)c3sccc3Br)ccc2N1. The van der Waals surface area contributed by atoms with Crippen molar-refractivity contribution in [1.82, 2.24) is 0 Å². The highest BCUT2D eigenvalue weighted by atomic mass is 79.9. The summed E-state index contributed by atoms with van der Waals surface area (Å²) in [5.74, 6) is -0.0362. The summed E-state index contributed by atoms with van der Waals surface area (Å²) in [5, 5.41) is 4.62. The van der Waals surface area contributed by atoms with E-state index in [4.69, 9.17) is 0 Å². The molecule has 0 aliphatic carbocycles. The topological polar surface area (TPSA) is 46.2 Å². The number of halogens is 1. The van der Waals surface area contributed by atoms with Gasteiger partial charge in [0.2, 0.25) is 11.7 Å². The van der Waals surface area contributed by atoms with Gasteiger partial charge in [-0.2, -0.15) is 0 Å². The Kier molecular flexibility index (Phi) is 2.80. The summed E-state index contributed by atoms with van der Waals surface area (Å²) in [5.41, 5.74) is 2.31. The number of ketones is 1. The molecule has 1 amide bonds. The molecular formula is C13H8BrNO2S. The molecule has 0 spiro atoms. The van der Waals surface area contributed by atoms with Gasteiger partial charge in [-0.25, -0.2) is 0 Å². The molecule has 1 aromatic heterocycles. The van der Waals surface area contributed by atoms with Crippen molar-refractivity contribution < 1.29 is 9.59 Å². The molecule has 0 unspecified atom stereocenters. The Hall–Kier alpha value is -1.46. The Labute approximate surface area is 116 Å². The Balaban J connectivity index is 2.00. The number of nitrogens with one attached hydrogen (secondary N) is 1. The minimum absolute atomic E-state index is 0.0148. The molecular weight excluding hydrogens is 314 g/mol. The fraction of sp³-hybridized carbons (Fsp3) is 0.0769. The van der Waals surface area contributed by atoms with Crippen LogP contribution in [0.15, 0.2) is 34.1 Å². The summed E-state index contributed by atoms with van der Waals surface area (Å²) < 4.78 is 0.812. The van der Waals surface area contributed by atoms with Gasteiger partial charge in [0, 0.05) is 15.7 Å². The van der Waals surface area contributed by atoms with E-state index in [2.05, 4.69) is 21.2 Å². The molecule has 0 bridgehead atoms. The zero-order valence-corrected chi connectivity index (χ0v) is 11.6. The minimum atomic E-state index is -0.0214. The van der Waals surface area contributed by atoms with E-state index in [1.807, 2.05) is 11.4 Å². The van der Waals surface area contributed by atoms with Crippen molar-refractivity contribution in [2.24, 2.45) is 0 Å². The summed E-state index contributed by atoms with van der Waals surface area (Å²) in [7, 11) is 0. The zero-order chi connectivity index (χ0) is 12.7. The van der Waals surface area contributed by atoms with E-state index in [0.29, 0.717) is 16.9 Å². The number of rotatable bonds is 2. The molecule has 0 fully saturated rings. The molecule has 3 rings (SSSR count). The summed E-state index contributed by atoms with van der Waals surface area (Å²) in [4.78, 5) is 24.2. The van der Waals surface area contributed by atoms with Gasteiger partial charge in [-0.1, -0.05) is 0 Å². The van der Waals surface area contributed by atoms with E-state index in [1.54, 1.807) is 18.2 Å². The molecule has 0 radical (unpaired) electrons. The van der Waals surface area contributed by atoms with Gasteiger partial charge in [0.15, 0.2) is 0 Å². The van der Waals surface area contributed by atoms with Gasteiger partial charge in [0.1, 0.15) is 0 Å². The van der Waals surface area contributed by atoms with Crippen LogP contribution in [0.25, 0.3) is 0 Å². The van der Waals surface area contributed by atoms with Gasteiger partial charge in [-0.05, 0) is 51.1 Å². The van der Waals surface area contributed by atoms with Crippen LogP contribution in [0.2, 0.25) is 0 Å². The van der Waals surface area contributed by atoms with E-state index >= 15 is 0 Å². The van der Waals surface area contributed by atoms with Crippen LogP contribution in [0.3, 0.4) is 0 Å². The number of anilines is 1. The maximum absolute atomic E-state index is 12.3. The number of hydrogen-bond donors (Lipinski definition) is 1. The first-order valence-electron chi connectivity index (χ1n) is 5.35. The number of thiophene rings is 1. The van der Waals surface area contributed by atoms with Crippen molar-refractivity contribution in [1.29, 1.82) is 0 Å². The van der Waals surface area contributed by atoms with Gasteiger partial charge in [0.25, 0.3) is 0 Å². The molecule has 1 aliphatic rings. The second kappa shape index (κ2) is 4.33. The number of hydrogen-bond acceptors (Lipinski definition) is 3. The first-order chi connectivity index (χ1) is 8.65. The molecule has 2 aromatic rings. The number of amides is 1. The monoisotopic (exact) mass is 321 g/mol. The summed E-state index contributed by atoms with van der Waals surface area (Å²) in [6, 6.07) is 7.19. The van der Waals surface area contributed by atoms with Gasteiger partial charge in [-0.3, -0.25) is 9.59 Å². The molecule has 1 aliphatic heterocycles. The molecule has 90 valence electrons. The highest BCUT2D eigenvalue weighted by Crippen LogP contribution is 2.28. The highest BCUT2D eigenvalue weighted by Gasteiger charge is 2.20. The van der Waals surface area contributed by atoms with Crippen molar-refractivity contribution >= 4 is 44.6 Å². The van der Waals surface area contributed by atoms with E-state index in [-0.39, 0.29) is 11.7 Å². The Morgan fingerprint density at radius 2 is 2.17 bits per heavy atom. The van der Waals surface area contributed by atoms with E-state index < -0.39 is 0 Å². The van der Waals surface area contributed by atoms with Crippen molar-refractivity contribution in [3.63, 3.8) is 0 Å². The first-order valence-corrected chi connectivity index (χ1v) is 7.03. The lowest BCUT2D eigenvalue weighted by atomic mass is 10.0. The molecule has 1 aromatic carbocycles. The first kappa shape index (κ1) is 11.6. The fourth-order valence-electron chi connectivity index (χ4n) is 1.96. The van der Waals surface area contributed by atoms with E-state index in [0.717, 1.165) is 15.7 Å². The van der Waals surface area contributed by atoms with Crippen LogP contribution < -0.4 is 5.32 Å². The van der Waals surface area contributed by atoms with Gasteiger partial charge in [-0.15, -0.1) is 11.3 Å². The quantitative estimate of drug-likeness (QED) is 0.863.